The number of nitro groups is 1. The third-order valence-corrected chi connectivity index (χ3v) is 3.36. The second-order valence-electron chi connectivity index (χ2n) is 4.92. The number of rotatable bonds is 5. The van der Waals surface area contributed by atoms with E-state index >= 15 is 0 Å². The van der Waals surface area contributed by atoms with Crippen LogP contribution in [0.3, 0.4) is 0 Å². The van der Waals surface area contributed by atoms with Crippen molar-refractivity contribution in [3.63, 3.8) is 0 Å². The van der Waals surface area contributed by atoms with Crippen molar-refractivity contribution < 1.29 is 9.31 Å². The van der Waals surface area contributed by atoms with E-state index < -0.39 is 10.7 Å². The van der Waals surface area contributed by atoms with Gasteiger partial charge in [-0.15, -0.1) is 0 Å². The second kappa shape index (κ2) is 6.35. The zero-order chi connectivity index (χ0) is 15.4. The lowest BCUT2D eigenvalue weighted by molar-refractivity contribution is -0.385. The lowest BCUT2D eigenvalue weighted by Crippen LogP contribution is -2.07. The molecule has 0 aliphatic heterocycles. The van der Waals surface area contributed by atoms with Crippen LogP contribution in [0.5, 0.6) is 0 Å². The molecule has 2 aromatic rings. The van der Waals surface area contributed by atoms with Gasteiger partial charge < -0.3 is 5.32 Å². The van der Waals surface area contributed by atoms with E-state index in [0.29, 0.717) is 5.69 Å². The number of anilines is 1. The number of halogens is 1. The van der Waals surface area contributed by atoms with Gasteiger partial charge in [-0.2, -0.15) is 0 Å². The number of aryl methyl sites for hydroxylation is 1. The van der Waals surface area contributed by atoms with Gasteiger partial charge in [-0.1, -0.05) is 31.2 Å². The Balaban J connectivity index is 2.18. The number of nitrogens with one attached hydrogen (secondary N) is 1. The third kappa shape index (κ3) is 3.78. The van der Waals surface area contributed by atoms with Crippen LogP contribution in [0.1, 0.15) is 31.0 Å². The standard InChI is InChI=1S/C16H17FN2O2/c1-3-12-4-6-13(7-5-12)11(2)18-15-8-14(17)9-16(10-15)19(20)21/h4-11,18H,3H2,1-2H3. The Bertz CT molecular complexity index is 641. The van der Waals surface area contributed by atoms with Crippen LogP contribution in [0.25, 0.3) is 0 Å². The van der Waals surface area contributed by atoms with Crippen LogP contribution in [0, 0.1) is 15.9 Å². The Morgan fingerprint density at radius 3 is 2.48 bits per heavy atom. The van der Waals surface area contributed by atoms with Crippen molar-refractivity contribution in [2.24, 2.45) is 0 Å². The fraction of sp³-hybridized carbons (Fsp3) is 0.250. The van der Waals surface area contributed by atoms with Crippen LogP contribution in [0.15, 0.2) is 42.5 Å². The molecule has 1 unspecified atom stereocenters. The summed E-state index contributed by atoms with van der Waals surface area (Å²) in [5.74, 6) is -0.625. The summed E-state index contributed by atoms with van der Waals surface area (Å²) in [5, 5.41) is 13.8. The van der Waals surface area contributed by atoms with Gasteiger partial charge in [-0.25, -0.2) is 4.39 Å². The highest BCUT2D eigenvalue weighted by Gasteiger charge is 2.12. The van der Waals surface area contributed by atoms with Gasteiger partial charge in [0.2, 0.25) is 0 Å². The Hall–Kier alpha value is -2.43. The van der Waals surface area contributed by atoms with Crippen LogP contribution in [0.2, 0.25) is 0 Å². The molecule has 110 valence electrons. The molecule has 1 atom stereocenters. The summed E-state index contributed by atoms with van der Waals surface area (Å²) in [6, 6.07) is 11.5. The average Bonchev–Trinajstić information content (AvgIpc) is 2.46. The van der Waals surface area contributed by atoms with Crippen molar-refractivity contribution >= 4 is 11.4 Å². The van der Waals surface area contributed by atoms with E-state index in [1.807, 2.05) is 31.2 Å². The van der Waals surface area contributed by atoms with Crippen LogP contribution >= 0.6 is 0 Å². The van der Waals surface area contributed by atoms with E-state index in [0.717, 1.165) is 18.1 Å². The molecule has 0 saturated heterocycles. The highest BCUT2D eigenvalue weighted by atomic mass is 19.1. The van der Waals surface area contributed by atoms with Gasteiger partial charge in [-0.3, -0.25) is 10.1 Å². The topological polar surface area (TPSA) is 55.2 Å². The van der Waals surface area contributed by atoms with Gasteiger partial charge in [0.05, 0.1) is 11.0 Å². The van der Waals surface area contributed by atoms with E-state index in [1.165, 1.54) is 17.7 Å². The monoisotopic (exact) mass is 288 g/mol. The maximum atomic E-state index is 13.4. The zero-order valence-corrected chi connectivity index (χ0v) is 12.0. The van der Waals surface area contributed by atoms with E-state index in [1.54, 1.807) is 0 Å². The number of nitro benzene ring substituents is 1. The van der Waals surface area contributed by atoms with E-state index in [4.69, 9.17) is 0 Å². The summed E-state index contributed by atoms with van der Waals surface area (Å²) < 4.78 is 13.4. The van der Waals surface area contributed by atoms with Crippen LogP contribution in [-0.2, 0) is 6.42 Å². The fourth-order valence-corrected chi connectivity index (χ4v) is 2.14. The summed E-state index contributed by atoms with van der Waals surface area (Å²) >= 11 is 0. The summed E-state index contributed by atoms with van der Waals surface area (Å²) in [7, 11) is 0. The normalized spacial score (nSPS) is 12.0. The van der Waals surface area contributed by atoms with Crippen LogP contribution in [-0.4, -0.2) is 4.92 Å². The molecular formula is C16H17FN2O2. The molecule has 0 spiro atoms. The highest BCUT2D eigenvalue weighted by Crippen LogP contribution is 2.24. The predicted octanol–water partition coefficient (Wildman–Crippen LogP) is 4.47. The third-order valence-electron chi connectivity index (χ3n) is 3.36. The lowest BCUT2D eigenvalue weighted by Gasteiger charge is -2.16. The lowest BCUT2D eigenvalue weighted by atomic mass is 10.0. The van der Waals surface area contributed by atoms with Gasteiger partial charge in [0.1, 0.15) is 5.82 Å². The molecule has 0 aromatic heterocycles. The molecule has 0 saturated carbocycles. The van der Waals surface area contributed by atoms with Crippen LogP contribution in [0.4, 0.5) is 15.8 Å². The Morgan fingerprint density at radius 2 is 1.90 bits per heavy atom. The van der Waals surface area contributed by atoms with Crippen LogP contribution < -0.4 is 5.32 Å². The maximum absolute atomic E-state index is 13.4. The molecule has 0 bridgehead atoms. The van der Waals surface area contributed by atoms with E-state index in [-0.39, 0.29) is 11.7 Å². The molecule has 2 aromatic carbocycles. The molecular weight excluding hydrogens is 271 g/mol. The molecule has 1 N–H and O–H groups in total. The number of non-ortho nitro benzene ring substituents is 1. The fourth-order valence-electron chi connectivity index (χ4n) is 2.14. The van der Waals surface area contributed by atoms with Crippen molar-refractivity contribution in [2.75, 3.05) is 5.32 Å². The largest absolute Gasteiger partial charge is 0.378 e. The van der Waals surface area contributed by atoms with E-state index in [2.05, 4.69) is 12.2 Å². The molecule has 5 heteroatoms. The quantitative estimate of drug-likeness (QED) is 0.652. The molecule has 21 heavy (non-hydrogen) atoms. The first-order chi connectivity index (χ1) is 9.99. The molecule has 0 radical (unpaired) electrons. The van der Waals surface area contributed by atoms with Gasteiger partial charge in [0.15, 0.2) is 0 Å². The highest BCUT2D eigenvalue weighted by molar-refractivity contribution is 5.52. The minimum absolute atomic E-state index is 0.0719. The van der Waals surface area contributed by atoms with Crippen molar-refractivity contribution in [3.05, 3.63) is 69.5 Å². The minimum atomic E-state index is -0.625. The zero-order valence-electron chi connectivity index (χ0n) is 12.0. The predicted molar refractivity (Wildman–Crippen MR) is 80.9 cm³/mol. The second-order valence-corrected chi connectivity index (χ2v) is 4.92. The van der Waals surface area contributed by atoms with Crippen molar-refractivity contribution in [2.45, 2.75) is 26.3 Å². The number of nitrogens with zero attached hydrogens (tertiary/aromatic N) is 1. The van der Waals surface area contributed by atoms with Crippen molar-refractivity contribution in [1.82, 2.24) is 0 Å². The number of benzene rings is 2. The van der Waals surface area contributed by atoms with Gasteiger partial charge >= 0.3 is 0 Å². The van der Waals surface area contributed by atoms with Crippen molar-refractivity contribution in [3.8, 4) is 0 Å². The molecule has 0 fully saturated rings. The molecule has 4 nitrogen and oxygen atoms in total. The Kier molecular flexibility index (Phi) is 4.52. The maximum Gasteiger partial charge on any atom is 0.274 e. The Morgan fingerprint density at radius 1 is 1.24 bits per heavy atom. The molecule has 0 amide bonds. The van der Waals surface area contributed by atoms with Gasteiger partial charge in [0.25, 0.3) is 5.69 Å². The summed E-state index contributed by atoms with van der Waals surface area (Å²) in [4.78, 5) is 10.1. The Labute approximate surface area is 122 Å². The van der Waals surface area contributed by atoms with Gasteiger partial charge in [-0.05, 0) is 30.5 Å². The molecule has 0 heterocycles. The first-order valence-electron chi connectivity index (χ1n) is 6.80. The molecule has 0 aliphatic carbocycles. The summed E-state index contributed by atoms with van der Waals surface area (Å²) in [5.41, 5.74) is 2.42. The average molecular weight is 288 g/mol. The molecule has 0 aliphatic rings. The smallest absolute Gasteiger partial charge is 0.274 e. The van der Waals surface area contributed by atoms with Gasteiger partial charge in [0, 0.05) is 17.8 Å². The summed E-state index contributed by atoms with van der Waals surface area (Å²) in [6.45, 7) is 4.01. The number of hydrogen-bond donors (Lipinski definition) is 1. The number of hydrogen-bond acceptors (Lipinski definition) is 3. The first-order valence-corrected chi connectivity index (χ1v) is 6.80. The van der Waals surface area contributed by atoms with Crippen molar-refractivity contribution in [1.29, 1.82) is 0 Å². The minimum Gasteiger partial charge on any atom is -0.378 e. The SMILES string of the molecule is CCc1ccc(C(C)Nc2cc(F)cc([N+](=O)[O-])c2)cc1. The summed E-state index contributed by atoms with van der Waals surface area (Å²) in [6.07, 6.45) is 0.970. The molecule has 2 rings (SSSR count). The first kappa shape index (κ1) is 15.0. The van der Waals surface area contributed by atoms with E-state index in [9.17, 15) is 14.5 Å².